The van der Waals surface area contributed by atoms with Gasteiger partial charge in [0.15, 0.2) is 0 Å². The Bertz CT molecular complexity index is 386. The molecule has 0 aliphatic carbocycles. The Labute approximate surface area is 148 Å². The fraction of sp³-hybridized carbons (Fsp3) is 0.800. The lowest BCUT2D eigenvalue weighted by Crippen LogP contribution is -2.39. The van der Waals surface area contributed by atoms with Gasteiger partial charge in [0.2, 0.25) is 0 Å². The molecule has 0 aliphatic heterocycles. The van der Waals surface area contributed by atoms with Crippen LogP contribution in [0.15, 0.2) is 24.8 Å². The van der Waals surface area contributed by atoms with Crippen LogP contribution in [-0.4, -0.2) is 22.2 Å². The number of nitrogens with two attached hydrogens (primary N) is 1. The number of aliphatic hydroxyl groups is 1. The SMILES string of the molecule is CCCCCCCCCCC(N)CCCC(O)C[n+]1cccnc1. The minimum absolute atomic E-state index is 0.295. The smallest absolute Gasteiger partial charge is 0.286 e. The van der Waals surface area contributed by atoms with Gasteiger partial charge in [-0.15, -0.1) is 0 Å². The zero-order valence-electron chi connectivity index (χ0n) is 15.6. The maximum Gasteiger partial charge on any atom is 0.286 e. The molecule has 138 valence electrons. The van der Waals surface area contributed by atoms with Crippen molar-refractivity contribution in [3.8, 4) is 0 Å². The van der Waals surface area contributed by atoms with Crippen LogP contribution in [0.3, 0.4) is 0 Å². The molecule has 0 aromatic carbocycles. The van der Waals surface area contributed by atoms with E-state index in [0.29, 0.717) is 12.6 Å². The summed E-state index contributed by atoms with van der Waals surface area (Å²) in [5.41, 5.74) is 6.20. The largest absolute Gasteiger partial charge is 0.389 e. The molecule has 0 aliphatic rings. The first kappa shape index (κ1) is 21.0. The Kier molecular flexibility index (Phi) is 12.6. The van der Waals surface area contributed by atoms with Crippen LogP contribution in [0.25, 0.3) is 0 Å². The van der Waals surface area contributed by atoms with Gasteiger partial charge in [0.1, 0.15) is 12.7 Å². The molecule has 1 aromatic rings. The van der Waals surface area contributed by atoms with Gasteiger partial charge in [-0.25, -0.2) is 4.57 Å². The van der Waals surface area contributed by atoms with Crippen LogP contribution in [0, 0.1) is 0 Å². The molecule has 4 nitrogen and oxygen atoms in total. The highest BCUT2D eigenvalue weighted by atomic mass is 16.3. The first-order valence-electron chi connectivity index (χ1n) is 9.95. The number of aliphatic hydroxyl groups excluding tert-OH is 1. The third kappa shape index (κ3) is 11.5. The summed E-state index contributed by atoms with van der Waals surface area (Å²) in [4.78, 5) is 4.05. The highest BCUT2D eigenvalue weighted by molar-refractivity contribution is 4.69. The van der Waals surface area contributed by atoms with Gasteiger partial charge in [0.05, 0.1) is 12.3 Å². The maximum atomic E-state index is 10.1. The number of hydrogen-bond acceptors (Lipinski definition) is 3. The molecule has 0 bridgehead atoms. The van der Waals surface area contributed by atoms with Crippen LogP contribution < -0.4 is 10.3 Å². The van der Waals surface area contributed by atoms with E-state index in [1.165, 1.54) is 51.4 Å². The molecule has 1 rings (SSSR count). The average molecular weight is 337 g/mol. The molecule has 0 amide bonds. The number of nitrogens with zero attached hydrogens (tertiary/aromatic N) is 2. The highest BCUT2D eigenvalue weighted by Crippen LogP contribution is 2.12. The predicted molar refractivity (Wildman–Crippen MR) is 99.5 cm³/mol. The quantitative estimate of drug-likeness (QED) is 0.379. The Morgan fingerprint density at radius 3 is 2.29 bits per heavy atom. The molecule has 0 fully saturated rings. The van der Waals surface area contributed by atoms with Crippen LogP contribution in [0.4, 0.5) is 0 Å². The van der Waals surface area contributed by atoms with Crippen LogP contribution in [-0.2, 0) is 6.54 Å². The van der Waals surface area contributed by atoms with Gasteiger partial charge < -0.3 is 10.8 Å². The van der Waals surface area contributed by atoms with Crippen molar-refractivity contribution in [3.63, 3.8) is 0 Å². The van der Waals surface area contributed by atoms with Crippen LogP contribution in [0.2, 0.25) is 0 Å². The summed E-state index contributed by atoms with van der Waals surface area (Å²) < 4.78 is 1.92. The summed E-state index contributed by atoms with van der Waals surface area (Å²) in [6, 6.07) is 2.18. The molecular weight excluding hydrogens is 298 g/mol. The summed E-state index contributed by atoms with van der Waals surface area (Å²) >= 11 is 0. The third-order valence-corrected chi connectivity index (χ3v) is 4.63. The Hall–Kier alpha value is -1.00. The molecule has 0 saturated heterocycles. The Morgan fingerprint density at radius 1 is 0.958 bits per heavy atom. The Balaban J connectivity index is 1.93. The lowest BCUT2D eigenvalue weighted by atomic mass is 10.0. The van der Waals surface area contributed by atoms with Crippen LogP contribution >= 0.6 is 0 Å². The summed E-state index contributed by atoms with van der Waals surface area (Å²) in [7, 11) is 0. The summed E-state index contributed by atoms with van der Waals surface area (Å²) in [6.07, 6.45) is 19.9. The number of unbranched alkanes of at least 4 members (excludes halogenated alkanes) is 7. The van der Waals surface area contributed by atoms with E-state index >= 15 is 0 Å². The predicted octanol–water partition coefficient (Wildman–Crippen LogP) is 3.76. The van der Waals surface area contributed by atoms with E-state index in [9.17, 15) is 5.11 Å². The topological polar surface area (TPSA) is 63.0 Å². The molecular formula is C20H38N3O+. The van der Waals surface area contributed by atoms with Gasteiger partial charge in [-0.3, -0.25) is 0 Å². The first-order valence-corrected chi connectivity index (χ1v) is 9.95. The molecule has 3 N–H and O–H groups in total. The van der Waals surface area contributed by atoms with Crippen molar-refractivity contribution in [2.45, 2.75) is 103 Å². The van der Waals surface area contributed by atoms with E-state index in [0.717, 1.165) is 25.7 Å². The van der Waals surface area contributed by atoms with Gasteiger partial charge in [-0.1, -0.05) is 63.3 Å². The monoisotopic (exact) mass is 336 g/mol. The van der Waals surface area contributed by atoms with Crippen LogP contribution in [0.1, 0.15) is 84.0 Å². The molecule has 0 spiro atoms. The fourth-order valence-electron chi connectivity index (χ4n) is 3.10. The fourth-order valence-corrected chi connectivity index (χ4v) is 3.10. The van der Waals surface area contributed by atoms with E-state index < -0.39 is 0 Å². The molecule has 0 saturated carbocycles. The van der Waals surface area contributed by atoms with Crippen molar-refractivity contribution in [3.05, 3.63) is 24.8 Å². The lowest BCUT2D eigenvalue weighted by Gasteiger charge is -2.13. The second-order valence-electron chi connectivity index (χ2n) is 7.06. The zero-order valence-corrected chi connectivity index (χ0v) is 15.6. The summed E-state index contributed by atoms with van der Waals surface area (Å²) in [5.74, 6) is 0. The minimum atomic E-state index is -0.311. The van der Waals surface area contributed by atoms with E-state index in [4.69, 9.17) is 5.73 Å². The summed E-state index contributed by atoms with van der Waals surface area (Å²) in [6.45, 7) is 2.87. The third-order valence-electron chi connectivity index (χ3n) is 4.63. The second-order valence-corrected chi connectivity index (χ2v) is 7.06. The average Bonchev–Trinajstić information content (AvgIpc) is 2.58. The maximum absolute atomic E-state index is 10.1. The molecule has 2 atom stereocenters. The van der Waals surface area contributed by atoms with Crippen molar-refractivity contribution in [1.82, 2.24) is 4.98 Å². The van der Waals surface area contributed by atoms with E-state index in [1.54, 1.807) is 12.5 Å². The highest BCUT2D eigenvalue weighted by Gasteiger charge is 2.10. The van der Waals surface area contributed by atoms with Crippen molar-refractivity contribution in [1.29, 1.82) is 0 Å². The van der Waals surface area contributed by atoms with Gasteiger partial charge in [-0.2, -0.15) is 0 Å². The van der Waals surface area contributed by atoms with E-state index in [-0.39, 0.29) is 6.10 Å². The van der Waals surface area contributed by atoms with E-state index in [1.807, 2.05) is 16.8 Å². The van der Waals surface area contributed by atoms with Crippen molar-refractivity contribution < 1.29 is 9.67 Å². The standard InChI is InChI=1S/C20H38N3O/c1-2-3-4-5-6-7-8-9-12-19(21)13-10-14-20(24)17-23-16-11-15-22-18-23/h11,15-16,18-20,24H,2-10,12-14,17,21H2,1H3/q+1. The molecule has 1 aromatic heterocycles. The molecule has 24 heavy (non-hydrogen) atoms. The van der Waals surface area contributed by atoms with Crippen molar-refractivity contribution in [2.24, 2.45) is 5.73 Å². The first-order chi connectivity index (χ1) is 11.7. The van der Waals surface area contributed by atoms with Crippen LogP contribution in [0.5, 0.6) is 0 Å². The molecule has 0 radical (unpaired) electrons. The normalized spacial score (nSPS) is 13.8. The number of hydrogen-bond donors (Lipinski definition) is 2. The Morgan fingerprint density at radius 2 is 1.62 bits per heavy atom. The second kappa shape index (κ2) is 14.4. The van der Waals surface area contributed by atoms with Gasteiger partial charge in [0.25, 0.3) is 6.33 Å². The van der Waals surface area contributed by atoms with Gasteiger partial charge in [-0.05, 0) is 25.7 Å². The minimum Gasteiger partial charge on any atom is -0.389 e. The number of rotatable bonds is 15. The van der Waals surface area contributed by atoms with Crippen molar-refractivity contribution in [2.75, 3.05) is 0 Å². The number of aromatic nitrogens is 2. The zero-order chi connectivity index (χ0) is 17.5. The molecule has 4 heteroatoms. The van der Waals surface area contributed by atoms with E-state index in [2.05, 4.69) is 11.9 Å². The van der Waals surface area contributed by atoms with Crippen molar-refractivity contribution >= 4 is 0 Å². The molecule has 1 heterocycles. The lowest BCUT2D eigenvalue weighted by molar-refractivity contribution is -0.706. The molecule has 2 unspecified atom stereocenters. The summed E-state index contributed by atoms with van der Waals surface area (Å²) in [5, 5.41) is 10.1. The van der Waals surface area contributed by atoms with Gasteiger partial charge in [0, 0.05) is 12.1 Å². The van der Waals surface area contributed by atoms with Gasteiger partial charge >= 0.3 is 0 Å².